The fraction of sp³-hybridized carbons (Fsp3) is 0.538. The molecular formula is C13H19Cl4NO. The predicted octanol–water partition coefficient (Wildman–Crippen LogP) is -0.395. The van der Waals surface area contributed by atoms with Crippen molar-refractivity contribution in [1.29, 1.82) is 0 Å². The van der Waals surface area contributed by atoms with Gasteiger partial charge in [-0.25, -0.2) is 0 Å². The van der Waals surface area contributed by atoms with Gasteiger partial charge < -0.3 is 22.0 Å². The lowest BCUT2D eigenvalue weighted by Crippen LogP contribution is -3.11. The van der Waals surface area contributed by atoms with Gasteiger partial charge in [-0.1, -0.05) is 11.6 Å². The quantitative estimate of drug-likeness (QED) is 0.633. The van der Waals surface area contributed by atoms with Crippen LogP contribution >= 0.6 is 34.8 Å². The third kappa shape index (κ3) is 6.92. The van der Waals surface area contributed by atoms with Crippen molar-refractivity contribution in [2.75, 3.05) is 31.5 Å². The zero-order valence-electron chi connectivity index (χ0n) is 10.9. The number of benzene rings is 1. The van der Waals surface area contributed by atoms with E-state index in [1.807, 2.05) is 25.1 Å². The van der Waals surface area contributed by atoms with Crippen LogP contribution in [-0.2, 0) is 6.54 Å². The van der Waals surface area contributed by atoms with Crippen LogP contribution in [0.15, 0.2) is 18.2 Å². The van der Waals surface area contributed by atoms with Crippen LogP contribution in [0.5, 0.6) is 5.75 Å². The van der Waals surface area contributed by atoms with Crippen LogP contribution in [0.2, 0.25) is 5.02 Å². The molecule has 0 saturated heterocycles. The van der Waals surface area contributed by atoms with Gasteiger partial charge in [0.05, 0.1) is 31.5 Å². The predicted molar refractivity (Wildman–Crippen MR) is 78.5 cm³/mol. The highest BCUT2D eigenvalue weighted by Crippen LogP contribution is 2.22. The molecule has 0 aliphatic heterocycles. The third-order valence-corrected chi connectivity index (χ3v) is 3.27. The number of alkyl halides is 2. The highest BCUT2D eigenvalue weighted by molar-refractivity contribution is 6.30. The van der Waals surface area contributed by atoms with E-state index >= 15 is 0 Å². The van der Waals surface area contributed by atoms with E-state index in [1.54, 1.807) is 0 Å². The van der Waals surface area contributed by atoms with Crippen molar-refractivity contribution in [1.82, 2.24) is 0 Å². The summed E-state index contributed by atoms with van der Waals surface area (Å²) in [5, 5.41) is 0.726. The summed E-state index contributed by atoms with van der Waals surface area (Å²) in [4.78, 5) is 1.34. The van der Waals surface area contributed by atoms with Gasteiger partial charge in [-0.3, -0.25) is 0 Å². The first-order valence-electron chi connectivity index (χ1n) is 6.08. The van der Waals surface area contributed by atoms with Crippen LogP contribution in [0.1, 0.15) is 12.5 Å². The fourth-order valence-electron chi connectivity index (χ4n) is 1.82. The van der Waals surface area contributed by atoms with Crippen molar-refractivity contribution >= 4 is 34.8 Å². The molecule has 1 aromatic carbocycles. The van der Waals surface area contributed by atoms with E-state index in [9.17, 15) is 0 Å². The Morgan fingerprint density at radius 3 is 2.32 bits per heavy atom. The van der Waals surface area contributed by atoms with Gasteiger partial charge in [0.1, 0.15) is 12.3 Å². The second-order valence-corrected chi connectivity index (χ2v) is 5.18. The number of halogens is 4. The lowest BCUT2D eigenvalue weighted by atomic mass is 10.2. The molecule has 0 amide bonds. The summed E-state index contributed by atoms with van der Waals surface area (Å²) in [6, 6.07) is 5.72. The average Bonchev–Trinajstić information content (AvgIpc) is 2.33. The van der Waals surface area contributed by atoms with Crippen LogP contribution in [0.3, 0.4) is 0 Å². The summed E-state index contributed by atoms with van der Waals surface area (Å²) in [6.07, 6.45) is 0. The number of ether oxygens (including phenoxy) is 1. The van der Waals surface area contributed by atoms with E-state index in [2.05, 4.69) is 0 Å². The Balaban J connectivity index is 0.00000324. The van der Waals surface area contributed by atoms with E-state index in [4.69, 9.17) is 39.5 Å². The number of nitrogens with one attached hydrogen (secondary N) is 1. The van der Waals surface area contributed by atoms with Gasteiger partial charge in [0.25, 0.3) is 0 Å². The number of rotatable bonds is 8. The zero-order chi connectivity index (χ0) is 13.4. The summed E-state index contributed by atoms with van der Waals surface area (Å²) in [7, 11) is 0. The summed E-state index contributed by atoms with van der Waals surface area (Å²) >= 11 is 17.7. The molecule has 6 heteroatoms. The van der Waals surface area contributed by atoms with Crippen LogP contribution in [0, 0.1) is 0 Å². The molecule has 1 aromatic rings. The maximum atomic E-state index is 6.04. The normalized spacial score (nSPS) is 10.4. The molecule has 0 atom stereocenters. The van der Waals surface area contributed by atoms with E-state index in [1.165, 1.54) is 4.90 Å². The van der Waals surface area contributed by atoms with Crippen molar-refractivity contribution in [2.45, 2.75) is 13.5 Å². The molecule has 110 valence electrons. The molecule has 2 nitrogen and oxygen atoms in total. The summed E-state index contributed by atoms with van der Waals surface area (Å²) in [5.41, 5.74) is 1.11. The first-order valence-corrected chi connectivity index (χ1v) is 7.52. The highest BCUT2D eigenvalue weighted by Gasteiger charge is 2.13. The van der Waals surface area contributed by atoms with Crippen LogP contribution in [0.25, 0.3) is 0 Å². The SMILES string of the molecule is CCOc1ccc(Cl)cc1C[NH+](CCCl)CCCl.[Cl-]. The summed E-state index contributed by atoms with van der Waals surface area (Å²) in [6.45, 7) is 5.21. The number of hydrogen-bond donors (Lipinski definition) is 1. The minimum atomic E-state index is 0. The van der Waals surface area contributed by atoms with Gasteiger partial charge in [0.2, 0.25) is 0 Å². The second-order valence-electron chi connectivity index (χ2n) is 3.99. The molecule has 0 radical (unpaired) electrons. The van der Waals surface area contributed by atoms with E-state index in [0.29, 0.717) is 18.4 Å². The lowest BCUT2D eigenvalue weighted by molar-refractivity contribution is -0.909. The summed E-state index contributed by atoms with van der Waals surface area (Å²) < 4.78 is 5.61. The van der Waals surface area contributed by atoms with Crippen molar-refractivity contribution in [3.63, 3.8) is 0 Å². The van der Waals surface area contributed by atoms with Gasteiger partial charge in [0, 0.05) is 10.6 Å². The van der Waals surface area contributed by atoms with Crippen molar-refractivity contribution < 1.29 is 22.0 Å². The first kappa shape index (κ1) is 19.1. The molecule has 0 bridgehead atoms. The molecule has 0 heterocycles. The van der Waals surface area contributed by atoms with Crippen molar-refractivity contribution in [3.8, 4) is 5.75 Å². The van der Waals surface area contributed by atoms with Crippen LogP contribution < -0.4 is 22.0 Å². The molecule has 1 N–H and O–H groups in total. The number of quaternary nitrogens is 1. The molecule has 0 aromatic heterocycles. The lowest BCUT2D eigenvalue weighted by Gasteiger charge is -2.19. The smallest absolute Gasteiger partial charge is 0.128 e. The van der Waals surface area contributed by atoms with E-state index in [0.717, 1.165) is 36.0 Å². The molecule has 0 saturated carbocycles. The largest absolute Gasteiger partial charge is 1.00 e. The maximum Gasteiger partial charge on any atom is 0.128 e. The minimum Gasteiger partial charge on any atom is -1.00 e. The molecule has 1 rings (SSSR count). The minimum absolute atomic E-state index is 0. The second kappa shape index (κ2) is 10.9. The van der Waals surface area contributed by atoms with Gasteiger partial charge in [-0.2, -0.15) is 0 Å². The van der Waals surface area contributed by atoms with Gasteiger partial charge in [-0.05, 0) is 25.1 Å². The Kier molecular flexibility index (Phi) is 11.0. The topological polar surface area (TPSA) is 13.7 Å². The maximum absolute atomic E-state index is 6.04. The Hall–Kier alpha value is 0.140. The Labute approximate surface area is 136 Å². The van der Waals surface area contributed by atoms with Crippen LogP contribution in [0.4, 0.5) is 0 Å². The molecule has 0 unspecified atom stereocenters. The number of hydrogen-bond acceptors (Lipinski definition) is 1. The molecule has 0 aliphatic rings. The zero-order valence-corrected chi connectivity index (χ0v) is 13.9. The summed E-state index contributed by atoms with van der Waals surface area (Å²) in [5.74, 6) is 2.14. The van der Waals surface area contributed by atoms with Gasteiger partial charge >= 0.3 is 0 Å². The van der Waals surface area contributed by atoms with Crippen LogP contribution in [-0.4, -0.2) is 31.5 Å². The average molecular weight is 347 g/mol. The third-order valence-electron chi connectivity index (χ3n) is 2.66. The standard InChI is InChI=1S/C13H18Cl3NO.ClH/c1-2-18-13-4-3-12(16)9-11(13)10-17(7-5-14)8-6-15;/h3-4,9H,2,5-8,10H2,1H3;1H. The fourth-order valence-corrected chi connectivity index (χ4v) is 2.55. The Morgan fingerprint density at radius 1 is 1.16 bits per heavy atom. The van der Waals surface area contributed by atoms with Crippen molar-refractivity contribution in [2.24, 2.45) is 0 Å². The highest BCUT2D eigenvalue weighted by atomic mass is 35.5. The Bertz CT molecular complexity index is 356. The van der Waals surface area contributed by atoms with Gasteiger partial charge in [0.15, 0.2) is 0 Å². The van der Waals surface area contributed by atoms with Gasteiger partial charge in [-0.15, -0.1) is 23.2 Å². The molecular weight excluding hydrogens is 328 g/mol. The van der Waals surface area contributed by atoms with E-state index < -0.39 is 0 Å². The van der Waals surface area contributed by atoms with Crippen molar-refractivity contribution in [3.05, 3.63) is 28.8 Å². The monoisotopic (exact) mass is 345 g/mol. The Morgan fingerprint density at radius 2 is 1.79 bits per heavy atom. The molecule has 0 aliphatic carbocycles. The molecule has 19 heavy (non-hydrogen) atoms. The first-order chi connectivity index (χ1) is 8.71. The molecule has 0 spiro atoms. The molecule has 0 fully saturated rings. The van der Waals surface area contributed by atoms with E-state index in [-0.39, 0.29) is 12.4 Å².